The van der Waals surface area contributed by atoms with Crippen LogP contribution in [-0.4, -0.2) is 28.1 Å². The molecule has 0 aliphatic rings. The van der Waals surface area contributed by atoms with Crippen LogP contribution in [0.4, 0.5) is 15.9 Å². The van der Waals surface area contributed by atoms with Gasteiger partial charge in [0.1, 0.15) is 11.6 Å². The van der Waals surface area contributed by atoms with Crippen molar-refractivity contribution in [2.75, 3.05) is 17.7 Å². The molecule has 2 heterocycles. The average Bonchev–Trinajstić information content (AvgIpc) is 2.81. The van der Waals surface area contributed by atoms with Crippen LogP contribution in [0.1, 0.15) is 10.4 Å². The quantitative estimate of drug-likeness (QED) is 0.747. The Morgan fingerprint density at radius 2 is 2.29 bits per heavy atom. The number of carbonyl (C=O) groups excluding carboxylic acids is 1. The number of carbonyl (C=O) groups is 1. The number of amides is 1. The average molecular weight is 235 g/mol. The summed E-state index contributed by atoms with van der Waals surface area (Å²) < 4.78 is 13.0. The molecule has 17 heavy (non-hydrogen) atoms. The Morgan fingerprint density at radius 1 is 1.47 bits per heavy atom. The second-order valence-corrected chi connectivity index (χ2v) is 3.24. The summed E-state index contributed by atoms with van der Waals surface area (Å²) in [6.07, 6.45) is 4.01. The van der Waals surface area contributed by atoms with Gasteiger partial charge >= 0.3 is 0 Å². The van der Waals surface area contributed by atoms with Crippen LogP contribution in [0.25, 0.3) is 0 Å². The van der Waals surface area contributed by atoms with Gasteiger partial charge in [0.15, 0.2) is 0 Å². The summed E-state index contributed by atoms with van der Waals surface area (Å²) in [7, 11) is 1.61. The highest BCUT2D eigenvalue weighted by Gasteiger charge is 2.13. The molecule has 1 amide bonds. The van der Waals surface area contributed by atoms with E-state index < -0.39 is 11.7 Å². The predicted molar refractivity (Wildman–Crippen MR) is 60.3 cm³/mol. The molecule has 2 aromatic rings. The van der Waals surface area contributed by atoms with E-state index in [9.17, 15) is 9.18 Å². The molecule has 88 valence electrons. The van der Waals surface area contributed by atoms with Crippen molar-refractivity contribution in [1.82, 2.24) is 15.2 Å². The van der Waals surface area contributed by atoms with Crippen LogP contribution in [0, 0.1) is 5.82 Å². The van der Waals surface area contributed by atoms with Gasteiger partial charge in [-0.1, -0.05) is 0 Å². The highest BCUT2D eigenvalue weighted by atomic mass is 19.1. The molecule has 0 radical (unpaired) electrons. The first-order valence-electron chi connectivity index (χ1n) is 4.84. The third-order valence-electron chi connectivity index (χ3n) is 2.09. The monoisotopic (exact) mass is 235 g/mol. The van der Waals surface area contributed by atoms with E-state index in [1.54, 1.807) is 7.05 Å². The summed E-state index contributed by atoms with van der Waals surface area (Å²) in [5.74, 6) is -0.712. The van der Waals surface area contributed by atoms with Crippen molar-refractivity contribution in [3.63, 3.8) is 0 Å². The number of nitrogens with zero attached hydrogens (tertiary/aromatic N) is 2. The maximum Gasteiger partial charge on any atom is 0.259 e. The highest BCUT2D eigenvalue weighted by Crippen LogP contribution is 2.15. The van der Waals surface area contributed by atoms with Gasteiger partial charge in [0.2, 0.25) is 0 Å². The molecule has 2 rings (SSSR count). The third kappa shape index (κ3) is 2.39. The number of hydrogen-bond donors (Lipinski definition) is 3. The van der Waals surface area contributed by atoms with Gasteiger partial charge in [0.05, 0.1) is 23.6 Å². The SMILES string of the molecule is CNc1ncc(F)cc1C(=O)Nc1cn[nH]c1. The van der Waals surface area contributed by atoms with Crippen molar-refractivity contribution in [1.29, 1.82) is 0 Å². The molecule has 0 aliphatic carbocycles. The minimum Gasteiger partial charge on any atom is -0.372 e. The lowest BCUT2D eigenvalue weighted by Crippen LogP contribution is -2.14. The van der Waals surface area contributed by atoms with Gasteiger partial charge in [0, 0.05) is 13.2 Å². The van der Waals surface area contributed by atoms with Gasteiger partial charge in [0.25, 0.3) is 5.91 Å². The molecule has 0 fully saturated rings. The van der Waals surface area contributed by atoms with Gasteiger partial charge in [-0.25, -0.2) is 9.37 Å². The second-order valence-electron chi connectivity index (χ2n) is 3.24. The van der Waals surface area contributed by atoms with Crippen molar-refractivity contribution < 1.29 is 9.18 Å². The number of aromatic nitrogens is 3. The molecule has 3 N–H and O–H groups in total. The summed E-state index contributed by atoms with van der Waals surface area (Å²) in [4.78, 5) is 15.6. The van der Waals surface area contributed by atoms with E-state index in [4.69, 9.17) is 0 Å². The van der Waals surface area contributed by atoms with Gasteiger partial charge in [-0.3, -0.25) is 9.89 Å². The standard InChI is InChI=1S/C10H10FN5O/c1-12-9-8(2-6(11)3-13-9)10(17)16-7-4-14-15-5-7/h2-5H,1H3,(H,12,13)(H,14,15)(H,16,17). The van der Waals surface area contributed by atoms with Gasteiger partial charge in [-0.05, 0) is 6.07 Å². The van der Waals surface area contributed by atoms with E-state index in [1.165, 1.54) is 12.4 Å². The number of nitrogens with one attached hydrogen (secondary N) is 3. The van der Waals surface area contributed by atoms with Crippen molar-refractivity contribution in [3.05, 3.63) is 36.0 Å². The molecule has 0 aliphatic heterocycles. The molecule has 6 nitrogen and oxygen atoms in total. The molecule has 0 saturated carbocycles. The third-order valence-corrected chi connectivity index (χ3v) is 2.09. The summed E-state index contributed by atoms with van der Waals surface area (Å²) in [5.41, 5.74) is 0.634. The second kappa shape index (κ2) is 4.60. The zero-order chi connectivity index (χ0) is 12.3. The fraction of sp³-hybridized carbons (Fsp3) is 0.100. The largest absolute Gasteiger partial charge is 0.372 e. The molecule has 0 spiro atoms. The summed E-state index contributed by atoms with van der Waals surface area (Å²) >= 11 is 0. The van der Waals surface area contributed by atoms with E-state index >= 15 is 0 Å². The lowest BCUT2D eigenvalue weighted by molar-refractivity contribution is 0.102. The molecule has 2 aromatic heterocycles. The minimum absolute atomic E-state index is 0.133. The Labute approximate surface area is 96.3 Å². The number of halogens is 1. The summed E-state index contributed by atoms with van der Waals surface area (Å²) in [6.45, 7) is 0. The van der Waals surface area contributed by atoms with E-state index in [0.29, 0.717) is 11.5 Å². The van der Waals surface area contributed by atoms with E-state index in [0.717, 1.165) is 12.3 Å². The van der Waals surface area contributed by atoms with Crippen molar-refractivity contribution >= 4 is 17.4 Å². The van der Waals surface area contributed by atoms with E-state index in [1.807, 2.05) is 0 Å². The van der Waals surface area contributed by atoms with Crippen LogP contribution in [-0.2, 0) is 0 Å². The van der Waals surface area contributed by atoms with Crippen LogP contribution in [0.15, 0.2) is 24.7 Å². The molecule has 0 unspecified atom stereocenters. The predicted octanol–water partition coefficient (Wildman–Crippen LogP) is 1.24. The van der Waals surface area contributed by atoms with Crippen LogP contribution in [0.3, 0.4) is 0 Å². The Kier molecular flexibility index (Phi) is 2.99. The van der Waals surface area contributed by atoms with Gasteiger partial charge in [-0.2, -0.15) is 5.10 Å². The molecule has 7 heteroatoms. The normalized spacial score (nSPS) is 10.0. The lowest BCUT2D eigenvalue weighted by Gasteiger charge is -2.07. The van der Waals surface area contributed by atoms with E-state index in [-0.39, 0.29) is 5.56 Å². The van der Waals surface area contributed by atoms with Crippen LogP contribution < -0.4 is 10.6 Å². The van der Waals surface area contributed by atoms with Crippen molar-refractivity contribution in [3.8, 4) is 0 Å². The minimum atomic E-state index is -0.568. The highest BCUT2D eigenvalue weighted by molar-refractivity contribution is 6.07. The maximum atomic E-state index is 13.0. The molecule has 0 atom stereocenters. The number of pyridine rings is 1. The maximum absolute atomic E-state index is 13.0. The van der Waals surface area contributed by atoms with Crippen LogP contribution >= 0.6 is 0 Å². The first kappa shape index (κ1) is 11.1. The van der Waals surface area contributed by atoms with Gasteiger partial charge in [-0.15, -0.1) is 0 Å². The lowest BCUT2D eigenvalue weighted by atomic mass is 10.2. The van der Waals surface area contributed by atoms with Gasteiger partial charge < -0.3 is 10.6 Å². The molecule has 0 aromatic carbocycles. The summed E-state index contributed by atoms with van der Waals surface area (Å²) in [5, 5.41) is 11.5. The Morgan fingerprint density at radius 3 is 2.94 bits per heavy atom. The number of H-pyrrole nitrogens is 1. The first-order valence-corrected chi connectivity index (χ1v) is 4.84. The number of aromatic amines is 1. The number of rotatable bonds is 3. The summed E-state index contributed by atoms with van der Waals surface area (Å²) in [6, 6.07) is 1.12. The Hall–Kier alpha value is -2.44. The smallest absolute Gasteiger partial charge is 0.259 e. The Bertz CT molecular complexity index is 525. The van der Waals surface area contributed by atoms with E-state index in [2.05, 4.69) is 25.8 Å². The Balaban J connectivity index is 2.26. The van der Waals surface area contributed by atoms with Crippen LogP contribution in [0.5, 0.6) is 0 Å². The topological polar surface area (TPSA) is 82.7 Å². The fourth-order valence-corrected chi connectivity index (χ4v) is 1.33. The van der Waals surface area contributed by atoms with Crippen molar-refractivity contribution in [2.45, 2.75) is 0 Å². The zero-order valence-electron chi connectivity index (χ0n) is 8.99. The number of hydrogen-bond acceptors (Lipinski definition) is 4. The van der Waals surface area contributed by atoms with Crippen molar-refractivity contribution in [2.24, 2.45) is 0 Å². The molecule has 0 saturated heterocycles. The fourth-order valence-electron chi connectivity index (χ4n) is 1.33. The zero-order valence-corrected chi connectivity index (χ0v) is 8.99. The number of anilines is 2. The molecular formula is C10H10FN5O. The molecule has 0 bridgehead atoms. The molecular weight excluding hydrogens is 225 g/mol. The first-order chi connectivity index (χ1) is 8.20. The van der Waals surface area contributed by atoms with Crippen LogP contribution in [0.2, 0.25) is 0 Å².